The van der Waals surface area contributed by atoms with Gasteiger partial charge in [0.25, 0.3) is 0 Å². The highest BCUT2D eigenvalue weighted by Gasteiger charge is 2.26. The molecule has 1 aromatic rings. The van der Waals surface area contributed by atoms with E-state index in [0.29, 0.717) is 23.0 Å². The van der Waals surface area contributed by atoms with Crippen LogP contribution in [0.5, 0.6) is 5.75 Å². The maximum Gasteiger partial charge on any atom is 0.379 e. The van der Waals surface area contributed by atoms with E-state index in [2.05, 4.69) is 22.9 Å². The Morgan fingerprint density at radius 2 is 1.64 bits per heavy atom. The Hall–Kier alpha value is -0.380. The highest BCUT2D eigenvalue weighted by Crippen LogP contribution is 2.50. The van der Waals surface area contributed by atoms with Crippen LogP contribution in [0.25, 0.3) is 0 Å². The van der Waals surface area contributed by atoms with Crippen LogP contribution in [0.15, 0.2) is 22.7 Å². The SMILES string of the molecule is CCCCCCCCCOP(=O)(CCCC)Oc1ccc(F)cc1Br. The number of benzene rings is 1. The number of hydrogen-bond acceptors (Lipinski definition) is 3. The third-order valence-corrected chi connectivity index (χ3v) is 6.49. The Morgan fingerprint density at radius 3 is 2.28 bits per heavy atom. The number of rotatable bonds is 14. The molecule has 0 bridgehead atoms. The van der Waals surface area contributed by atoms with Gasteiger partial charge in [-0.2, -0.15) is 0 Å². The van der Waals surface area contributed by atoms with Gasteiger partial charge in [-0.1, -0.05) is 58.8 Å². The summed E-state index contributed by atoms with van der Waals surface area (Å²) in [5.41, 5.74) is 0. The normalized spacial score (nSPS) is 13.6. The van der Waals surface area contributed by atoms with Crippen molar-refractivity contribution >= 4 is 23.5 Å². The predicted octanol–water partition coefficient (Wildman–Crippen LogP) is 7.73. The molecule has 0 radical (unpaired) electrons. The second-order valence-electron chi connectivity index (χ2n) is 6.31. The van der Waals surface area contributed by atoms with Gasteiger partial charge in [0.15, 0.2) is 0 Å². The third-order valence-electron chi connectivity index (χ3n) is 3.95. The van der Waals surface area contributed by atoms with Gasteiger partial charge in [-0.05, 0) is 47.0 Å². The average Bonchev–Trinajstić information content (AvgIpc) is 2.58. The van der Waals surface area contributed by atoms with Crippen molar-refractivity contribution in [2.75, 3.05) is 12.8 Å². The zero-order valence-electron chi connectivity index (χ0n) is 15.4. The lowest BCUT2D eigenvalue weighted by atomic mass is 10.1. The van der Waals surface area contributed by atoms with E-state index >= 15 is 0 Å². The van der Waals surface area contributed by atoms with Crippen LogP contribution in [0.2, 0.25) is 0 Å². The van der Waals surface area contributed by atoms with Gasteiger partial charge in [0.2, 0.25) is 0 Å². The topological polar surface area (TPSA) is 35.5 Å². The summed E-state index contributed by atoms with van der Waals surface area (Å²) in [5.74, 6) is -0.00740. The molecule has 1 unspecified atom stereocenters. The second-order valence-corrected chi connectivity index (χ2v) is 9.27. The van der Waals surface area contributed by atoms with Crippen LogP contribution in [0.1, 0.15) is 71.6 Å². The molecule has 0 saturated carbocycles. The zero-order chi connectivity index (χ0) is 18.5. The molecule has 0 heterocycles. The summed E-state index contributed by atoms with van der Waals surface area (Å²) in [7, 11) is -3.22. The summed E-state index contributed by atoms with van der Waals surface area (Å²) in [4.78, 5) is 0. The first-order valence-electron chi connectivity index (χ1n) is 9.39. The van der Waals surface area contributed by atoms with E-state index in [0.717, 1.165) is 25.7 Å². The predicted molar refractivity (Wildman–Crippen MR) is 106 cm³/mol. The molecule has 0 aliphatic heterocycles. The van der Waals surface area contributed by atoms with Crippen molar-refractivity contribution in [2.45, 2.75) is 71.6 Å². The van der Waals surface area contributed by atoms with Gasteiger partial charge < -0.3 is 4.52 Å². The van der Waals surface area contributed by atoms with E-state index in [1.807, 2.05) is 6.92 Å². The summed E-state index contributed by atoms with van der Waals surface area (Å²) < 4.78 is 38.0. The molecule has 0 aliphatic carbocycles. The largest absolute Gasteiger partial charge is 0.423 e. The van der Waals surface area contributed by atoms with Crippen molar-refractivity contribution in [3.63, 3.8) is 0 Å². The van der Waals surface area contributed by atoms with Crippen LogP contribution in [-0.2, 0) is 9.09 Å². The Bertz CT molecular complexity index is 539. The summed E-state index contributed by atoms with van der Waals surface area (Å²) >= 11 is 3.25. The monoisotopic (exact) mass is 436 g/mol. The van der Waals surface area contributed by atoms with Gasteiger partial charge in [-0.15, -0.1) is 0 Å². The molecule has 6 heteroatoms. The summed E-state index contributed by atoms with van der Waals surface area (Å²) in [6.07, 6.45) is 10.3. The van der Waals surface area contributed by atoms with Crippen LogP contribution < -0.4 is 4.52 Å². The fourth-order valence-electron chi connectivity index (χ4n) is 2.45. The Morgan fingerprint density at radius 1 is 1.00 bits per heavy atom. The Balaban J connectivity index is 2.47. The van der Waals surface area contributed by atoms with Gasteiger partial charge >= 0.3 is 7.60 Å². The van der Waals surface area contributed by atoms with E-state index in [1.165, 1.54) is 50.3 Å². The maximum atomic E-state index is 13.2. The van der Waals surface area contributed by atoms with Crippen molar-refractivity contribution < 1.29 is 18.0 Å². The number of halogens is 2. The van der Waals surface area contributed by atoms with E-state index in [1.54, 1.807) is 0 Å². The van der Waals surface area contributed by atoms with Gasteiger partial charge in [-0.25, -0.2) is 8.96 Å². The van der Waals surface area contributed by atoms with Crippen molar-refractivity contribution in [2.24, 2.45) is 0 Å². The van der Waals surface area contributed by atoms with Crippen LogP contribution in [0.3, 0.4) is 0 Å². The maximum absolute atomic E-state index is 13.2. The van der Waals surface area contributed by atoms with Gasteiger partial charge in [0.05, 0.1) is 17.2 Å². The fourth-order valence-corrected chi connectivity index (χ4v) is 4.85. The van der Waals surface area contributed by atoms with Crippen LogP contribution in [0, 0.1) is 5.82 Å². The van der Waals surface area contributed by atoms with E-state index < -0.39 is 7.60 Å². The lowest BCUT2D eigenvalue weighted by Crippen LogP contribution is -2.04. The third kappa shape index (κ3) is 9.77. The molecule has 0 N–H and O–H groups in total. The molecule has 1 rings (SSSR count). The molecule has 0 saturated heterocycles. The smallest absolute Gasteiger partial charge is 0.379 e. The zero-order valence-corrected chi connectivity index (χ0v) is 17.9. The fraction of sp³-hybridized carbons (Fsp3) is 0.684. The lowest BCUT2D eigenvalue weighted by Gasteiger charge is -2.20. The molecule has 144 valence electrons. The average molecular weight is 437 g/mol. The van der Waals surface area contributed by atoms with Crippen LogP contribution >= 0.6 is 23.5 Å². The van der Waals surface area contributed by atoms with Crippen molar-refractivity contribution in [1.82, 2.24) is 0 Å². The summed E-state index contributed by atoms with van der Waals surface area (Å²) in [5, 5.41) is 0. The first-order valence-corrected chi connectivity index (χ1v) is 11.9. The van der Waals surface area contributed by atoms with Gasteiger partial charge in [-0.3, -0.25) is 4.52 Å². The Labute approximate surface area is 160 Å². The van der Waals surface area contributed by atoms with E-state index in [9.17, 15) is 8.96 Å². The molecule has 0 amide bonds. The minimum absolute atomic E-state index is 0.361. The molecule has 3 nitrogen and oxygen atoms in total. The molecule has 1 atom stereocenters. The van der Waals surface area contributed by atoms with Crippen LogP contribution in [0.4, 0.5) is 4.39 Å². The van der Waals surface area contributed by atoms with E-state index in [4.69, 9.17) is 9.05 Å². The quantitative estimate of drug-likeness (QED) is 0.221. The number of hydrogen-bond donors (Lipinski definition) is 0. The minimum Gasteiger partial charge on any atom is -0.423 e. The first kappa shape index (κ1) is 22.7. The molecule has 0 fully saturated rings. The van der Waals surface area contributed by atoms with Gasteiger partial charge in [0, 0.05) is 0 Å². The van der Waals surface area contributed by atoms with Crippen molar-refractivity contribution in [3.8, 4) is 5.75 Å². The van der Waals surface area contributed by atoms with Gasteiger partial charge in [0.1, 0.15) is 11.6 Å². The van der Waals surface area contributed by atoms with Crippen molar-refractivity contribution in [1.29, 1.82) is 0 Å². The van der Waals surface area contributed by atoms with Crippen molar-refractivity contribution in [3.05, 3.63) is 28.5 Å². The minimum atomic E-state index is -3.22. The Kier molecular flexibility index (Phi) is 11.7. The first-order chi connectivity index (χ1) is 12.0. The highest BCUT2D eigenvalue weighted by molar-refractivity contribution is 9.10. The second kappa shape index (κ2) is 12.9. The number of unbranched alkanes of at least 4 members (excludes halogenated alkanes) is 7. The van der Waals surface area contributed by atoms with E-state index in [-0.39, 0.29) is 5.82 Å². The summed E-state index contributed by atoms with van der Waals surface area (Å²) in [6, 6.07) is 4.07. The molecule has 0 aliphatic rings. The molecule has 1 aromatic carbocycles. The standard InChI is InChI=1S/C19H31BrFO3P/c1-3-5-7-8-9-10-11-14-23-25(22,15-6-4-2)24-19-13-12-17(21)16-18(19)20/h12-13,16H,3-11,14-15H2,1-2H3. The lowest BCUT2D eigenvalue weighted by molar-refractivity contribution is 0.256. The highest BCUT2D eigenvalue weighted by atomic mass is 79.9. The molecule has 0 spiro atoms. The van der Waals surface area contributed by atoms with Crippen LogP contribution in [-0.4, -0.2) is 12.8 Å². The molecule has 0 aromatic heterocycles. The summed E-state index contributed by atoms with van der Waals surface area (Å²) in [6.45, 7) is 4.68. The molecule has 25 heavy (non-hydrogen) atoms. The molecular weight excluding hydrogens is 406 g/mol. The molecular formula is C19H31BrFO3P.